The number of fused-ring (bicyclic) bond motifs is 1. The fraction of sp³-hybridized carbons (Fsp3) is 0.667. The first kappa shape index (κ1) is 14.4. The molecule has 3 atom stereocenters. The highest BCUT2D eigenvalue weighted by Gasteiger charge is 2.51. The summed E-state index contributed by atoms with van der Waals surface area (Å²) in [7, 11) is 0. The Morgan fingerprint density at radius 2 is 2.16 bits per heavy atom. The van der Waals surface area contributed by atoms with Crippen LogP contribution in [0, 0.1) is 22.7 Å². The molecule has 0 aromatic carbocycles. The molecule has 0 aliphatic heterocycles. The van der Waals surface area contributed by atoms with Gasteiger partial charge < -0.3 is 5.11 Å². The van der Waals surface area contributed by atoms with Crippen LogP contribution in [0.25, 0.3) is 0 Å². The van der Waals surface area contributed by atoms with Crippen molar-refractivity contribution >= 4 is 0 Å². The van der Waals surface area contributed by atoms with Crippen LogP contribution >= 0.6 is 0 Å². The van der Waals surface area contributed by atoms with Crippen LogP contribution in [0.2, 0.25) is 0 Å². The monoisotopic (exact) mass is 260 g/mol. The Morgan fingerprint density at radius 3 is 2.68 bits per heavy atom. The summed E-state index contributed by atoms with van der Waals surface area (Å²) >= 11 is 0. The smallest absolute Gasteiger partial charge is 0.0851 e. The van der Waals surface area contributed by atoms with Gasteiger partial charge in [0.15, 0.2) is 0 Å². The molecule has 0 amide bonds. The van der Waals surface area contributed by atoms with E-state index in [1.807, 2.05) is 0 Å². The molecule has 0 radical (unpaired) electrons. The van der Waals surface area contributed by atoms with Gasteiger partial charge >= 0.3 is 0 Å². The Morgan fingerprint density at radius 1 is 1.47 bits per heavy atom. The van der Waals surface area contributed by atoms with Crippen LogP contribution in [0.1, 0.15) is 52.9 Å². The van der Waals surface area contributed by atoms with E-state index in [1.54, 1.807) is 5.57 Å². The van der Waals surface area contributed by atoms with Crippen LogP contribution in [0.4, 0.5) is 0 Å². The summed E-state index contributed by atoms with van der Waals surface area (Å²) in [6.07, 6.45) is 10.0. The Balaban J connectivity index is 2.07. The van der Waals surface area contributed by atoms with Crippen LogP contribution < -0.4 is 0 Å². The molecule has 1 heteroatoms. The van der Waals surface area contributed by atoms with Gasteiger partial charge in [0, 0.05) is 6.42 Å². The predicted molar refractivity (Wildman–Crippen MR) is 82.0 cm³/mol. The van der Waals surface area contributed by atoms with Crippen molar-refractivity contribution in [2.24, 2.45) is 22.7 Å². The molecule has 1 N–H and O–H groups in total. The van der Waals surface area contributed by atoms with Crippen LogP contribution in [-0.4, -0.2) is 5.11 Å². The highest BCUT2D eigenvalue weighted by molar-refractivity contribution is 5.26. The van der Waals surface area contributed by atoms with E-state index in [-0.39, 0.29) is 5.41 Å². The zero-order chi connectivity index (χ0) is 14.3. The van der Waals surface area contributed by atoms with Crippen molar-refractivity contribution in [3.05, 3.63) is 36.6 Å². The van der Waals surface area contributed by atoms with E-state index in [1.165, 1.54) is 12.8 Å². The van der Waals surface area contributed by atoms with Gasteiger partial charge in [-0.2, -0.15) is 0 Å². The van der Waals surface area contributed by atoms with Crippen molar-refractivity contribution in [2.75, 3.05) is 0 Å². The fourth-order valence-electron chi connectivity index (χ4n) is 4.20. The van der Waals surface area contributed by atoms with E-state index in [9.17, 15) is 5.11 Å². The quantitative estimate of drug-likeness (QED) is 0.517. The summed E-state index contributed by atoms with van der Waals surface area (Å²) in [5.41, 5.74) is 2.18. The number of hydrogen-bond donors (Lipinski definition) is 1. The molecule has 1 saturated carbocycles. The van der Waals surface area contributed by atoms with E-state index < -0.39 is 0 Å². The van der Waals surface area contributed by atoms with E-state index in [0.29, 0.717) is 11.2 Å². The van der Waals surface area contributed by atoms with E-state index >= 15 is 0 Å². The first-order valence-corrected chi connectivity index (χ1v) is 7.50. The molecular formula is C18H28O. The average molecular weight is 260 g/mol. The Hall–Kier alpha value is -0.980. The van der Waals surface area contributed by atoms with Crippen LogP contribution in [0.3, 0.4) is 0 Å². The lowest BCUT2D eigenvalue weighted by Gasteiger charge is -2.32. The predicted octanol–water partition coefficient (Wildman–Crippen LogP) is 5.41. The molecule has 2 rings (SSSR count). The van der Waals surface area contributed by atoms with Gasteiger partial charge in [0.25, 0.3) is 0 Å². The number of aliphatic hydroxyl groups is 1. The third-order valence-electron chi connectivity index (χ3n) is 5.77. The molecule has 1 fully saturated rings. The van der Waals surface area contributed by atoms with Crippen LogP contribution in [-0.2, 0) is 0 Å². The highest BCUT2D eigenvalue weighted by atomic mass is 16.3. The number of hydrogen-bond acceptors (Lipinski definition) is 1. The Bertz CT molecular complexity index is 415. The number of aliphatic hydroxyl groups excluding tert-OH is 1. The maximum absolute atomic E-state index is 9.23. The van der Waals surface area contributed by atoms with Crippen molar-refractivity contribution in [1.82, 2.24) is 0 Å². The molecule has 1 nitrogen and oxygen atoms in total. The van der Waals surface area contributed by atoms with E-state index in [2.05, 4.69) is 46.1 Å². The molecular weight excluding hydrogens is 232 g/mol. The maximum Gasteiger partial charge on any atom is 0.0851 e. The number of rotatable bonds is 5. The molecule has 0 aromatic rings. The summed E-state index contributed by atoms with van der Waals surface area (Å²) in [6, 6.07) is 0. The second-order valence-electron chi connectivity index (χ2n) is 7.24. The summed E-state index contributed by atoms with van der Waals surface area (Å²) in [5.74, 6) is 1.81. The Labute approximate surface area is 118 Å². The van der Waals surface area contributed by atoms with Crippen molar-refractivity contribution in [2.45, 2.75) is 52.9 Å². The standard InChI is InChI=1S/C18H28O/c1-6-18(9-7-8-14(3)19)11-15-10-13(2)17(4,5)16(15)12-18/h6,10,15-16,19H,1,3,7-9,11-12H2,2,4-5H3/t15-,16+,18-/m0/s1. The molecule has 0 saturated heterocycles. The third-order valence-corrected chi connectivity index (χ3v) is 5.77. The summed E-state index contributed by atoms with van der Waals surface area (Å²) in [4.78, 5) is 0. The van der Waals surface area contributed by atoms with E-state index in [4.69, 9.17) is 0 Å². The normalized spacial score (nSPS) is 35.8. The first-order valence-electron chi connectivity index (χ1n) is 7.50. The van der Waals surface area contributed by atoms with Gasteiger partial charge in [0.1, 0.15) is 0 Å². The van der Waals surface area contributed by atoms with Gasteiger partial charge in [-0.15, -0.1) is 6.58 Å². The van der Waals surface area contributed by atoms with Gasteiger partial charge in [-0.05, 0) is 55.3 Å². The second-order valence-corrected chi connectivity index (χ2v) is 7.24. The minimum absolute atomic E-state index is 0.277. The molecule has 19 heavy (non-hydrogen) atoms. The van der Waals surface area contributed by atoms with Gasteiger partial charge in [-0.25, -0.2) is 0 Å². The van der Waals surface area contributed by atoms with Gasteiger partial charge in [-0.3, -0.25) is 0 Å². The van der Waals surface area contributed by atoms with Crippen molar-refractivity contribution in [1.29, 1.82) is 0 Å². The lowest BCUT2D eigenvalue weighted by Crippen LogP contribution is -2.23. The van der Waals surface area contributed by atoms with Gasteiger partial charge in [-0.1, -0.05) is 38.2 Å². The summed E-state index contributed by atoms with van der Waals surface area (Å²) in [6.45, 7) is 14.7. The van der Waals surface area contributed by atoms with Crippen LogP contribution in [0.5, 0.6) is 0 Å². The molecule has 106 valence electrons. The zero-order valence-corrected chi connectivity index (χ0v) is 12.7. The molecule has 2 aliphatic carbocycles. The topological polar surface area (TPSA) is 20.2 Å². The Kier molecular flexibility index (Phi) is 3.68. The zero-order valence-electron chi connectivity index (χ0n) is 12.7. The van der Waals surface area contributed by atoms with Crippen LogP contribution in [0.15, 0.2) is 36.6 Å². The SMILES string of the molecule is C=C[C@@]1(CCCC(=C)O)C[C@@H]2[C@@H](C=C(C)C2(C)C)C1. The minimum Gasteiger partial charge on any atom is -0.513 e. The lowest BCUT2D eigenvalue weighted by atomic mass is 9.72. The third kappa shape index (κ3) is 2.52. The van der Waals surface area contributed by atoms with Gasteiger partial charge in [0.05, 0.1) is 5.76 Å². The summed E-state index contributed by atoms with van der Waals surface area (Å²) in [5, 5.41) is 9.23. The molecule has 0 heterocycles. The highest BCUT2D eigenvalue weighted by Crippen LogP contribution is 2.61. The van der Waals surface area contributed by atoms with E-state index in [0.717, 1.165) is 31.1 Å². The fourth-order valence-corrected chi connectivity index (χ4v) is 4.20. The largest absolute Gasteiger partial charge is 0.513 e. The van der Waals surface area contributed by atoms with Crippen molar-refractivity contribution < 1.29 is 5.11 Å². The average Bonchev–Trinajstić information content (AvgIpc) is 2.77. The minimum atomic E-state index is 0.277. The van der Waals surface area contributed by atoms with Crippen molar-refractivity contribution in [3.8, 4) is 0 Å². The van der Waals surface area contributed by atoms with Crippen molar-refractivity contribution in [3.63, 3.8) is 0 Å². The summed E-state index contributed by atoms with van der Waals surface area (Å²) < 4.78 is 0. The van der Waals surface area contributed by atoms with Gasteiger partial charge in [0.2, 0.25) is 0 Å². The number of allylic oxidation sites excluding steroid dienone is 4. The maximum atomic E-state index is 9.23. The molecule has 0 aromatic heterocycles. The molecule has 0 spiro atoms. The second kappa shape index (κ2) is 4.85. The first-order chi connectivity index (χ1) is 8.81. The molecule has 0 bridgehead atoms. The molecule has 2 aliphatic rings. The lowest BCUT2D eigenvalue weighted by molar-refractivity contribution is 0.239. The molecule has 0 unspecified atom stereocenters.